The lowest BCUT2D eigenvalue weighted by Gasteiger charge is -2.24. The lowest BCUT2D eigenvalue weighted by atomic mass is 10.2. The molecule has 0 amide bonds. The van der Waals surface area contributed by atoms with E-state index in [1.165, 1.54) is 12.8 Å². The molecule has 15 heavy (non-hydrogen) atoms. The molecule has 1 atom stereocenters. The molecule has 0 spiro atoms. The monoisotopic (exact) mass is 210 g/mol. The van der Waals surface area contributed by atoms with Crippen LogP contribution in [0.5, 0.6) is 0 Å². The Kier molecular flexibility index (Phi) is 6.42. The van der Waals surface area contributed by atoms with Gasteiger partial charge in [0.15, 0.2) is 0 Å². The van der Waals surface area contributed by atoms with Crippen LogP contribution in [0.25, 0.3) is 0 Å². The number of hydrogen-bond donors (Lipinski definition) is 1. The first-order valence-electron chi connectivity index (χ1n) is 5.75. The molecule has 3 nitrogen and oxygen atoms in total. The van der Waals surface area contributed by atoms with E-state index in [2.05, 4.69) is 16.1 Å². The standard InChI is InChI=1S/C12H22N2O/c1-3-4-8-14(9-10-15-2)11-12-6-5-7-13-12/h1,12-13H,4-11H2,2H3. The van der Waals surface area contributed by atoms with Gasteiger partial charge in [-0.05, 0) is 19.4 Å². The summed E-state index contributed by atoms with van der Waals surface area (Å²) in [5.41, 5.74) is 0. The first-order chi connectivity index (χ1) is 7.36. The van der Waals surface area contributed by atoms with Crippen molar-refractivity contribution in [2.75, 3.05) is 39.9 Å². The maximum absolute atomic E-state index is 5.29. The molecule has 1 aliphatic rings. The topological polar surface area (TPSA) is 24.5 Å². The van der Waals surface area contributed by atoms with E-state index in [9.17, 15) is 0 Å². The summed E-state index contributed by atoms with van der Waals surface area (Å²) in [6, 6.07) is 0.652. The van der Waals surface area contributed by atoms with Gasteiger partial charge in [-0.2, -0.15) is 0 Å². The second-order valence-electron chi connectivity index (χ2n) is 4.04. The van der Waals surface area contributed by atoms with Gasteiger partial charge in [0.25, 0.3) is 0 Å². The van der Waals surface area contributed by atoms with Crippen LogP contribution in [0.15, 0.2) is 0 Å². The number of ether oxygens (including phenoxy) is 1. The molecule has 0 aliphatic carbocycles. The van der Waals surface area contributed by atoms with E-state index >= 15 is 0 Å². The SMILES string of the molecule is C#CCCN(CCOC)CC1CCCN1. The number of hydrogen-bond acceptors (Lipinski definition) is 3. The van der Waals surface area contributed by atoms with Gasteiger partial charge in [-0.1, -0.05) is 0 Å². The van der Waals surface area contributed by atoms with Crippen molar-refractivity contribution in [3.63, 3.8) is 0 Å². The fourth-order valence-electron chi connectivity index (χ4n) is 1.96. The Balaban J connectivity index is 2.23. The minimum atomic E-state index is 0.652. The summed E-state index contributed by atoms with van der Waals surface area (Å²) >= 11 is 0. The molecule has 0 bridgehead atoms. The zero-order valence-corrected chi connectivity index (χ0v) is 9.67. The quantitative estimate of drug-likeness (QED) is 0.626. The van der Waals surface area contributed by atoms with Crippen LogP contribution in [0.4, 0.5) is 0 Å². The Morgan fingerprint density at radius 2 is 2.40 bits per heavy atom. The van der Waals surface area contributed by atoms with Gasteiger partial charge in [0.1, 0.15) is 0 Å². The van der Waals surface area contributed by atoms with Crippen molar-refractivity contribution in [2.24, 2.45) is 0 Å². The van der Waals surface area contributed by atoms with Crippen molar-refractivity contribution in [1.82, 2.24) is 10.2 Å². The second kappa shape index (κ2) is 7.70. The van der Waals surface area contributed by atoms with Gasteiger partial charge in [0.05, 0.1) is 6.61 Å². The smallest absolute Gasteiger partial charge is 0.0589 e. The fraction of sp³-hybridized carbons (Fsp3) is 0.833. The molecule has 1 fully saturated rings. The average molecular weight is 210 g/mol. The molecule has 1 N–H and O–H groups in total. The molecular weight excluding hydrogens is 188 g/mol. The summed E-state index contributed by atoms with van der Waals surface area (Å²) in [5.74, 6) is 2.70. The molecule has 0 aromatic carbocycles. The molecular formula is C12H22N2O. The molecule has 3 heteroatoms. The summed E-state index contributed by atoms with van der Waals surface area (Å²) in [7, 11) is 1.74. The van der Waals surface area contributed by atoms with Crippen molar-refractivity contribution in [2.45, 2.75) is 25.3 Å². The molecule has 1 saturated heterocycles. The first kappa shape index (κ1) is 12.5. The van der Waals surface area contributed by atoms with Gasteiger partial charge in [-0.3, -0.25) is 4.90 Å². The van der Waals surface area contributed by atoms with Gasteiger partial charge < -0.3 is 10.1 Å². The van der Waals surface area contributed by atoms with E-state index in [0.717, 1.165) is 39.2 Å². The highest BCUT2D eigenvalue weighted by molar-refractivity contribution is 4.86. The van der Waals surface area contributed by atoms with Crippen molar-refractivity contribution in [3.05, 3.63) is 0 Å². The summed E-state index contributed by atoms with van der Waals surface area (Å²) in [6.07, 6.45) is 8.71. The van der Waals surface area contributed by atoms with E-state index in [0.29, 0.717) is 6.04 Å². The number of nitrogens with zero attached hydrogens (tertiary/aromatic N) is 1. The zero-order chi connectivity index (χ0) is 10.9. The maximum atomic E-state index is 5.29. The van der Waals surface area contributed by atoms with Crippen molar-refractivity contribution in [3.8, 4) is 12.3 Å². The molecule has 0 aromatic heterocycles. The Morgan fingerprint density at radius 3 is 3.00 bits per heavy atom. The van der Waals surface area contributed by atoms with Crippen LogP contribution in [0.3, 0.4) is 0 Å². The van der Waals surface area contributed by atoms with Crippen molar-refractivity contribution < 1.29 is 4.74 Å². The Bertz CT molecular complexity index is 194. The zero-order valence-electron chi connectivity index (χ0n) is 9.67. The van der Waals surface area contributed by atoms with Crippen molar-refractivity contribution >= 4 is 0 Å². The predicted molar refractivity (Wildman–Crippen MR) is 62.8 cm³/mol. The van der Waals surface area contributed by atoms with E-state index in [-0.39, 0.29) is 0 Å². The second-order valence-corrected chi connectivity index (χ2v) is 4.04. The van der Waals surface area contributed by atoms with Crippen LogP contribution in [-0.2, 0) is 4.74 Å². The third-order valence-corrected chi connectivity index (χ3v) is 2.82. The largest absolute Gasteiger partial charge is 0.383 e. The summed E-state index contributed by atoms with van der Waals surface area (Å²) in [5, 5.41) is 3.51. The maximum Gasteiger partial charge on any atom is 0.0589 e. The molecule has 1 heterocycles. The van der Waals surface area contributed by atoms with Crippen LogP contribution < -0.4 is 5.32 Å². The van der Waals surface area contributed by atoms with Crippen LogP contribution in [0, 0.1) is 12.3 Å². The van der Waals surface area contributed by atoms with Crippen LogP contribution in [0.2, 0.25) is 0 Å². The average Bonchev–Trinajstić information content (AvgIpc) is 2.74. The lowest BCUT2D eigenvalue weighted by Crippen LogP contribution is -2.39. The molecule has 0 aromatic rings. The molecule has 0 radical (unpaired) electrons. The highest BCUT2D eigenvalue weighted by atomic mass is 16.5. The van der Waals surface area contributed by atoms with E-state index < -0.39 is 0 Å². The Labute approximate surface area is 93.2 Å². The summed E-state index contributed by atoms with van der Waals surface area (Å²) < 4.78 is 5.10. The third kappa shape index (κ3) is 5.17. The number of nitrogens with one attached hydrogen (secondary N) is 1. The first-order valence-corrected chi connectivity index (χ1v) is 5.75. The number of terminal acetylenes is 1. The fourth-order valence-corrected chi connectivity index (χ4v) is 1.96. The highest BCUT2D eigenvalue weighted by Gasteiger charge is 2.17. The van der Waals surface area contributed by atoms with Crippen LogP contribution in [-0.4, -0.2) is 50.8 Å². The molecule has 1 unspecified atom stereocenters. The van der Waals surface area contributed by atoms with Gasteiger partial charge in [0.2, 0.25) is 0 Å². The minimum Gasteiger partial charge on any atom is -0.383 e. The minimum absolute atomic E-state index is 0.652. The Morgan fingerprint density at radius 1 is 1.53 bits per heavy atom. The lowest BCUT2D eigenvalue weighted by molar-refractivity contribution is 0.143. The van der Waals surface area contributed by atoms with Crippen LogP contribution >= 0.6 is 0 Å². The summed E-state index contributed by atoms with van der Waals surface area (Å²) in [6.45, 7) is 5.02. The number of methoxy groups -OCH3 is 1. The molecule has 1 aliphatic heterocycles. The normalized spacial score (nSPS) is 20.7. The molecule has 0 saturated carbocycles. The molecule has 86 valence electrons. The summed E-state index contributed by atoms with van der Waals surface area (Å²) in [4.78, 5) is 2.40. The third-order valence-electron chi connectivity index (χ3n) is 2.82. The number of rotatable bonds is 7. The van der Waals surface area contributed by atoms with Gasteiger partial charge in [-0.25, -0.2) is 0 Å². The van der Waals surface area contributed by atoms with Crippen LogP contribution in [0.1, 0.15) is 19.3 Å². The van der Waals surface area contributed by atoms with Gasteiger partial charge >= 0.3 is 0 Å². The highest BCUT2D eigenvalue weighted by Crippen LogP contribution is 2.07. The van der Waals surface area contributed by atoms with Gasteiger partial charge in [-0.15, -0.1) is 12.3 Å². The van der Waals surface area contributed by atoms with E-state index in [1.807, 2.05) is 0 Å². The van der Waals surface area contributed by atoms with Crippen molar-refractivity contribution in [1.29, 1.82) is 0 Å². The Hall–Kier alpha value is -0.560. The van der Waals surface area contributed by atoms with E-state index in [1.54, 1.807) is 7.11 Å². The van der Waals surface area contributed by atoms with Gasteiger partial charge in [0, 0.05) is 39.2 Å². The van der Waals surface area contributed by atoms with E-state index in [4.69, 9.17) is 11.2 Å². The predicted octanol–water partition coefficient (Wildman–Crippen LogP) is 0.710. The molecule has 1 rings (SSSR count).